The number of carbonyl (C=O) groups excluding carboxylic acids is 5. The summed E-state index contributed by atoms with van der Waals surface area (Å²) in [6.07, 6.45) is 4.69. The van der Waals surface area contributed by atoms with Gasteiger partial charge in [-0.2, -0.15) is 0 Å². The molecule has 2 heterocycles. The number of ether oxygens (including phenoxy) is 2. The maximum absolute atomic E-state index is 12.4. The number of fused-ring (bicyclic) bond motifs is 1. The maximum atomic E-state index is 12.4. The Morgan fingerprint density at radius 2 is 1.73 bits per heavy atom. The molecule has 30 heavy (non-hydrogen) atoms. The molecular formula is C20H25N3O7. The summed E-state index contributed by atoms with van der Waals surface area (Å²) in [6, 6.07) is -1.13. The molecule has 0 aromatic heterocycles. The molecule has 3 rings (SSSR count). The molecule has 2 N–H and O–H groups in total. The fourth-order valence-corrected chi connectivity index (χ4v) is 3.91. The predicted molar refractivity (Wildman–Crippen MR) is 102 cm³/mol. The van der Waals surface area contributed by atoms with E-state index in [2.05, 4.69) is 10.6 Å². The Morgan fingerprint density at radius 3 is 2.33 bits per heavy atom. The average molecular weight is 419 g/mol. The summed E-state index contributed by atoms with van der Waals surface area (Å²) in [5, 5.41) is 5.01. The van der Waals surface area contributed by atoms with Gasteiger partial charge in [-0.25, -0.2) is 9.59 Å². The molecule has 0 aromatic carbocycles. The van der Waals surface area contributed by atoms with Crippen LogP contribution >= 0.6 is 0 Å². The number of nitrogens with zero attached hydrogens (tertiary/aromatic N) is 1. The number of amides is 4. The lowest BCUT2D eigenvalue weighted by Gasteiger charge is -2.26. The van der Waals surface area contributed by atoms with Gasteiger partial charge in [0, 0.05) is 6.54 Å². The number of carbonyl (C=O) groups is 5. The van der Waals surface area contributed by atoms with Crippen LogP contribution in [0, 0.1) is 11.8 Å². The van der Waals surface area contributed by atoms with Crippen molar-refractivity contribution in [1.82, 2.24) is 15.5 Å². The third-order valence-electron chi connectivity index (χ3n) is 5.38. The summed E-state index contributed by atoms with van der Waals surface area (Å²) in [7, 11) is 0. The lowest BCUT2D eigenvalue weighted by Crippen LogP contribution is -2.50. The van der Waals surface area contributed by atoms with Crippen LogP contribution in [0.3, 0.4) is 0 Å². The highest BCUT2D eigenvalue weighted by atomic mass is 16.5. The van der Waals surface area contributed by atoms with Gasteiger partial charge in [-0.15, -0.1) is 0 Å². The van der Waals surface area contributed by atoms with Gasteiger partial charge in [-0.1, -0.05) is 12.2 Å². The van der Waals surface area contributed by atoms with Crippen molar-refractivity contribution >= 4 is 29.8 Å². The van der Waals surface area contributed by atoms with Crippen LogP contribution in [-0.4, -0.2) is 60.5 Å². The third-order valence-corrected chi connectivity index (χ3v) is 5.38. The number of hydrogen-bond donors (Lipinski definition) is 2. The van der Waals surface area contributed by atoms with Gasteiger partial charge in [-0.05, 0) is 26.7 Å². The van der Waals surface area contributed by atoms with Gasteiger partial charge in [-0.3, -0.25) is 19.3 Å². The summed E-state index contributed by atoms with van der Waals surface area (Å²) >= 11 is 0. The monoisotopic (exact) mass is 419 g/mol. The number of imide groups is 1. The summed E-state index contributed by atoms with van der Waals surface area (Å²) < 4.78 is 10.2. The van der Waals surface area contributed by atoms with Crippen LogP contribution in [0.15, 0.2) is 23.4 Å². The van der Waals surface area contributed by atoms with Crippen molar-refractivity contribution in [2.24, 2.45) is 11.8 Å². The van der Waals surface area contributed by atoms with Crippen LogP contribution in [0.25, 0.3) is 0 Å². The number of nitrogens with one attached hydrogen (secondary N) is 2. The molecule has 0 aromatic rings. The fourth-order valence-electron chi connectivity index (χ4n) is 3.91. The van der Waals surface area contributed by atoms with E-state index in [-0.39, 0.29) is 61.1 Å². The van der Waals surface area contributed by atoms with Gasteiger partial charge in [0.2, 0.25) is 11.8 Å². The molecule has 0 unspecified atom stereocenters. The van der Waals surface area contributed by atoms with Gasteiger partial charge < -0.3 is 20.1 Å². The Hall–Kier alpha value is -3.17. The summed E-state index contributed by atoms with van der Waals surface area (Å²) in [6.45, 7) is 3.04. The molecule has 10 nitrogen and oxygen atoms in total. The predicted octanol–water partition coefficient (Wildman–Crippen LogP) is 0.389. The number of hydrogen-bond acceptors (Lipinski definition) is 7. The zero-order valence-electron chi connectivity index (χ0n) is 16.9. The molecule has 3 aliphatic rings. The Morgan fingerprint density at radius 1 is 1.10 bits per heavy atom. The number of rotatable bonds is 7. The number of urea groups is 1. The summed E-state index contributed by atoms with van der Waals surface area (Å²) in [4.78, 5) is 62.0. The van der Waals surface area contributed by atoms with E-state index in [1.54, 1.807) is 13.8 Å². The molecule has 3 atom stereocenters. The minimum absolute atomic E-state index is 0.0579. The second-order valence-electron chi connectivity index (χ2n) is 7.33. The Bertz CT molecular complexity index is 806. The van der Waals surface area contributed by atoms with Crippen molar-refractivity contribution in [3.05, 3.63) is 23.4 Å². The van der Waals surface area contributed by atoms with Crippen molar-refractivity contribution in [2.45, 2.75) is 39.2 Å². The smallest absolute Gasteiger partial charge is 0.338 e. The van der Waals surface area contributed by atoms with Crippen molar-refractivity contribution in [3.8, 4) is 0 Å². The fraction of sp³-hybridized carbons (Fsp3) is 0.550. The second kappa shape index (κ2) is 9.10. The molecule has 162 valence electrons. The van der Waals surface area contributed by atoms with Crippen molar-refractivity contribution < 1.29 is 33.4 Å². The summed E-state index contributed by atoms with van der Waals surface area (Å²) in [5.74, 6) is -2.47. The molecule has 1 fully saturated rings. The normalized spacial score (nSPS) is 25.6. The first-order valence-corrected chi connectivity index (χ1v) is 9.97. The molecule has 1 aliphatic carbocycles. The van der Waals surface area contributed by atoms with Crippen LogP contribution < -0.4 is 10.6 Å². The van der Waals surface area contributed by atoms with E-state index in [4.69, 9.17) is 9.47 Å². The highest BCUT2D eigenvalue weighted by Crippen LogP contribution is 2.35. The molecule has 10 heteroatoms. The van der Waals surface area contributed by atoms with Gasteiger partial charge in [0.25, 0.3) is 0 Å². The van der Waals surface area contributed by atoms with Crippen LogP contribution in [0.4, 0.5) is 4.79 Å². The largest absolute Gasteiger partial charge is 0.463 e. The maximum Gasteiger partial charge on any atom is 0.338 e. The molecule has 2 aliphatic heterocycles. The zero-order valence-corrected chi connectivity index (χ0v) is 16.9. The molecule has 0 saturated carbocycles. The van der Waals surface area contributed by atoms with Crippen molar-refractivity contribution in [3.63, 3.8) is 0 Å². The van der Waals surface area contributed by atoms with E-state index in [0.29, 0.717) is 12.8 Å². The standard InChI is InChI=1S/C20H25N3O7/c1-3-29-19(27)16-11(2)21-20(28)22-14(16)10-30-15(24)8-9-23-17(25)12-6-4-5-7-13(12)18(23)26/h4-5,11-13H,3,6-10H2,1-2H3,(H2,21,22,28)/t11-,12-,13+/m0/s1. The second-order valence-corrected chi connectivity index (χ2v) is 7.33. The van der Waals surface area contributed by atoms with Crippen LogP contribution in [0.5, 0.6) is 0 Å². The molecule has 1 saturated heterocycles. The number of esters is 2. The van der Waals surface area contributed by atoms with E-state index in [9.17, 15) is 24.0 Å². The number of likely N-dealkylation sites (tertiary alicyclic amines) is 1. The molecular weight excluding hydrogens is 394 g/mol. The van der Waals surface area contributed by atoms with Crippen LogP contribution in [0.2, 0.25) is 0 Å². The molecule has 0 spiro atoms. The first-order chi connectivity index (χ1) is 14.3. The number of allylic oxidation sites excluding steroid dienone is 2. The molecule has 0 radical (unpaired) electrons. The van der Waals surface area contributed by atoms with Crippen LogP contribution in [-0.2, 0) is 28.7 Å². The first-order valence-electron chi connectivity index (χ1n) is 9.97. The highest BCUT2D eigenvalue weighted by Gasteiger charge is 2.47. The van der Waals surface area contributed by atoms with Crippen LogP contribution in [0.1, 0.15) is 33.1 Å². The van der Waals surface area contributed by atoms with Gasteiger partial charge in [0.05, 0.1) is 42.2 Å². The van der Waals surface area contributed by atoms with E-state index in [1.165, 1.54) is 0 Å². The van der Waals surface area contributed by atoms with Crippen molar-refractivity contribution in [2.75, 3.05) is 19.8 Å². The first kappa shape index (κ1) is 21.5. The average Bonchev–Trinajstić information content (AvgIpc) is 2.95. The Labute approximate surface area is 173 Å². The molecule has 0 bridgehead atoms. The van der Waals surface area contributed by atoms with Gasteiger partial charge in [0.1, 0.15) is 6.61 Å². The van der Waals surface area contributed by atoms with E-state index >= 15 is 0 Å². The molecule has 4 amide bonds. The Kier molecular flexibility index (Phi) is 6.53. The van der Waals surface area contributed by atoms with Gasteiger partial charge >= 0.3 is 18.0 Å². The zero-order chi connectivity index (χ0) is 21.8. The van der Waals surface area contributed by atoms with Crippen molar-refractivity contribution in [1.29, 1.82) is 0 Å². The van der Waals surface area contributed by atoms with Gasteiger partial charge in [0.15, 0.2) is 0 Å². The third kappa shape index (κ3) is 4.37. The van der Waals surface area contributed by atoms with E-state index in [0.717, 1.165) is 4.90 Å². The minimum atomic E-state index is -0.653. The van der Waals surface area contributed by atoms with E-state index in [1.807, 2.05) is 12.2 Å². The quantitative estimate of drug-likeness (QED) is 0.347. The topological polar surface area (TPSA) is 131 Å². The minimum Gasteiger partial charge on any atom is -0.463 e. The lowest BCUT2D eigenvalue weighted by atomic mass is 9.85. The Balaban J connectivity index is 1.57. The SMILES string of the molecule is CCOC(=O)C1=C(COC(=O)CCN2C(=O)[C@H]3CC=CC[C@H]3C2=O)NC(=O)N[C@H]1C. The van der Waals surface area contributed by atoms with E-state index < -0.39 is 24.0 Å². The summed E-state index contributed by atoms with van der Waals surface area (Å²) in [5.41, 5.74) is 0.314. The highest BCUT2D eigenvalue weighted by molar-refractivity contribution is 6.05. The lowest BCUT2D eigenvalue weighted by molar-refractivity contribution is -0.146.